The van der Waals surface area contributed by atoms with Crippen molar-refractivity contribution < 1.29 is 0 Å². The summed E-state index contributed by atoms with van der Waals surface area (Å²) in [6.07, 6.45) is 0. The molecule has 0 N–H and O–H groups in total. The molecule has 4 aromatic rings. The molecule has 3 aromatic carbocycles. The lowest BCUT2D eigenvalue weighted by Gasteiger charge is -2.12. The van der Waals surface area contributed by atoms with E-state index in [4.69, 9.17) is 9.97 Å². The first-order valence-electron chi connectivity index (χ1n) is 8.28. The molecule has 0 aliphatic rings. The van der Waals surface area contributed by atoms with Crippen LogP contribution in [0.2, 0.25) is 0 Å². The van der Waals surface area contributed by atoms with E-state index in [0.717, 1.165) is 28.0 Å². The first-order valence-corrected chi connectivity index (χ1v) is 8.28. The Bertz CT molecular complexity index is 1070. The second-order valence-corrected chi connectivity index (χ2v) is 6.63. The van der Waals surface area contributed by atoms with E-state index in [2.05, 4.69) is 69.3 Å². The maximum Gasteiger partial charge on any atom is 0.126 e. The normalized spacial score (nSPS) is 11.3. The lowest BCUT2D eigenvalue weighted by Crippen LogP contribution is -1.96. The predicted octanol–water partition coefficient (Wildman–Crippen LogP) is 5.68. The fourth-order valence-electron chi connectivity index (χ4n) is 3.58. The van der Waals surface area contributed by atoms with E-state index in [0.29, 0.717) is 0 Å². The summed E-state index contributed by atoms with van der Waals surface area (Å²) < 4.78 is 0. The highest BCUT2D eigenvalue weighted by atomic mass is 14.9. The van der Waals surface area contributed by atoms with Gasteiger partial charge in [0.25, 0.3) is 0 Å². The SMILES string of the molecule is Cc1cc(C)cc(-c2nc(C)nc3c2cc(C)c2ccccc23)c1. The molecule has 0 spiro atoms. The zero-order valence-electron chi connectivity index (χ0n) is 14.5. The van der Waals surface area contributed by atoms with Crippen LogP contribution < -0.4 is 0 Å². The fraction of sp³-hybridized carbons (Fsp3) is 0.182. The van der Waals surface area contributed by atoms with Gasteiger partial charge in [-0.3, -0.25) is 0 Å². The zero-order chi connectivity index (χ0) is 16.8. The van der Waals surface area contributed by atoms with Crippen molar-refractivity contribution in [2.75, 3.05) is 0 Å². The van der Waals surface area contributed by atoms with Crippen LogP contribution in [-0.4, -0.2) is 9.97 Å². The molecule has 4 rings (SSSR count). The van der Waals surface area contributed by atoms with Gasteiger partial charge in [0.1, 0.15) is 5.82 Å². The lowest BCUT2D eigenvalue weighted by atomic mass is 9.97. The number of hydrogen-bond acceptors (Lipinski definition) is 2. The van der Waals surface area contributed by atoms with Crippen molar-refractivity contribution in [2.24, 2.45) is 0 Å². The standard InChI is InChI=1S/C22H20N2/c1-13-9-14(2)11-17(10-13)21-20-12-15(3)18-7-5-6-8-19(18)22(20)24-16(4)23-21/h5-12H,1-4H3. The molecule has 0 fully saturated rings. The molecule has 0 aliphatic heterocycles. The van der Waals surface area contributed by atoms with Gasteiger partial charge in [-0.05, 0) is 56.8 Å². The zero-order valence-corrected chi connectivity index (χ0v) is 14.5. The van der Waals surface area contributed by atoms with E-state index in [1.54, 1.807) is 0 Å². The van der Waals surface area contributed by atoms with E-state index < -0.39 is 0 Å². The molecule has 1 aromatic heterocycles. The van der Waals surface area contributed by atoms with E-state index in [1.807, 2.05) is 6.92 Å². The van der Waals surface area contributed by atoms with Crippen LogP contribution in [0.3, 0.4) is 0 Å². The number of fused-ring (bicyclic) bond motifs is 3. The first kappa shape index (κ1) is 14.8. The molecule has 0 bridgehead atoms. The predicted molar refractivity (Wildman–Crippen MR) is 101 cm³/mol. The first-order chi connectivity index (χ1) is 11.5. The Kier molecular flexibility index (Phi) is 3.34. The van der Waals surface area contributed by atoms with E-state index in [9.17, 15) is 0 Å². The Morgan fingerprint density at radius 3 is 2.04 bits per heavy atom. The van der Waals surface area contributed by atoms with Crippen molar-refractivity contribution in [3.05, 3.63) is 71.0 Å². The van der Waals surface area contributed by atoms with Gasteiger partial charge in [-0.15, -0.1) is 0 Å². The molecule has 0 atom stereocenters. The van der Waals surface area contributed by atoms with Gasteiger partial charge >= 0.3 is 0 Å². The average Bonchev–Trinajstić information content (AvgIpc) is 2.54. The molecule has 0 amide bonds. The van der Waals surface area contributed by atoms with Gasteiger partial charge in [0.05, 0.1) is 11.2 Å². The smallest absolute Gasteiger partial charge is 0.126 e. The number of rotatable bonds is 1. The maximum atomic E-state index is 4.79. The second-order valence-electron chi connectivity index (χ2n) is 6.63. The number of nitrogens with zero attached hydrogens (tertiary/aromatic N) is 2. The summed E-state index contributed by atoms with van der Waals surface area (Å²) in [6.45, 7) is 8.40. The molecule has 118 valence electrons. The van der Waals surface area contributed by atoms with Gasteiger partial charge in [0, 0.05) is 16.3 Å². The summed E-state index contributed by atoms with van der Waals surface area (Å²) >= 11 is 0. The minimum atomic E-state index is 0.811. The van der Waals surface area contributed by atoms with E-state index in [1.165, 1.54) is 27.5 Å². The van der Waals surface area contributed by atoms with Gasteiger partial charge in [0.2, 0.25) is 0 Å². The fourth-order valence-corrected chi connectivity index (χ4v) is 3.58. The van der Waals surface area contributed by atoms with Gasteiger partial charge in [0.15, 0.2) is 0 Å². The van der Waals surface area contributed by atoms with Crippen LogP contribution in [0.4, 0.5) is 0 Å². The molecular weight excluding hydrogens is 292 g/mol. The summed E-state index contributed by atoms with van der Waals surface area (Å²) in [7, 11) is 0. The largest absolute Gasteiger partial charge is 0.233 e. The highest BCUT2D eigenvalue weighted by molar-refractivity contribution is 6.10. The van der Waals surface area contributed by atoms with E-state index in [-0.39, 0.29) is 0 Å². The number of aromatic nitrogens is 2. The highest BCUT2D eigenvalue weighted by Crippen LogP contribution is 2.33. The minimum Gasteiger partial charge on any atom is -0.233 e. The Hall–Kier alpha value is -2.74. The molecule has 0 saturated heterocycles. The molecule has 1 heterocycles. The van der Waals surface area contributed by atoms with E-state index >= 15 is 0 Å². The molecule has 2 nitrogen and oxygen atoms in total. The number of hydrogen-bond donors (Lipinski definition) is 0. The van der Waals surface area contributed by atoms with Gasteiger partial charge in [-0.25, -0.2) is 9.97 Å². The van der Waals surface area contributed by atoms with Crippen LogP contribution in [-0.2, 0) is 0 Å². The highest BCUT2D eigenvalue weighted by Gasteiger charge is 2.13. The topological polar surface area (TPSA) is 25.8 Å². The second kappa shape index (κ2) is 5.41. The van der Waals surface area contributed by atoms with Crippen molar-refractivity contribution >= 4 is 21.7 Å². The number of benzene rings is 3. The summed E-state index contributed by atoms with van der Waals surface area (Å²) in [5.41, 5.74) is 7.00. The van der Waals surface area contributed by atoms with Crippen LogP contribution in [0.5, 0.6) is 0 Å². The Labute approximate surface area is 142 Å². The Morgan fingerprint density at radius 2 is 1.33 bits per heavy atom. The third-order valence-corrected chi connectivity index (χ3v) is 4.52. The third kappa shape index (κ3) is 2.35. The third-order valence-electron chi connectivity index (χ3n) is 4.52. The van der Waals surface area contributed by atoms with Crippen LogP contribution in [0, 0.1) is 27.7 Å². The number of aryl methyl sites for hydroxylation is 4. The van der Waals surface area contributed by atoms with Gasteiger partial charge in [-0.1, -0.05) is 41.5 Å². The monoisotopic (exact) mass is 312 g/mol. The Morgan fingerprint density at radius 1 is 0.667 bits per heavy atom. The molecular formula is C22H20N2. The summed E-state index contributed by atoms with van der Waals surface area (Å²) in [5, 5.41) is 3.58. The van der Waals surface area contributed by atoms with Crippen molar-refractivity contribution in [1.82, 2.24) is 9.97 Å². The summed E-state index contributed by atoms with van der Waals surface area (Å²) in [4.78, 5) is 9.56. The molecule has 0 unspecified atom stereocenters. The van der Waals surface area contributed by atoms with Crippen LogP contribution in [0.15, 0.2) is 48.5 Å². The molecule has 24 heavy (non-hydrogen) atoms. The summed E-state index contributed by atoms with van der Waals surface area (Å²) in [5.74, 6) is 0.811. The van der Waals surface area contributed by atoms with Gasteiger partial charge < -0.3 is 0 Å². The maximum absolute atomic E-state index is 4.79. The van der Waals surface area contributed by atoms with Crippen LogP contribution in [0.25, 0.3) is 32.9 Å². The van der Waals surface area contributed by atoms with Gasteiger partial charge in [-0.2, -0.15) is 0 Å². The van der Waals surface area contributed by atoms with Crippen molar-refractivity contribution in [3.8, 4) is 11.3 Å². The molecule has 0 radical (unpaired) electrons. The minimum absolute atomic E-state index is 0.811. The van der Waals surface area contributed by atoms with Crippen molar-refractivity contribution in [2.45, 2.75) is 27.7 Å². The molecule has 0 aliphatic carbocycles. The quantitative estimate of drug-likeness (QED) is 0.422. The van der Waals surface area contributed by atoms with Crippen molar-refractivity contribution in [1.29, 1.82) is 0 Å². The molecule has 2 heteroatoms. The summed E-state index contributed by atoms with van der Waals surface area (Å²) in [6, 6.07) is 17.3. The molecule has 0 saturated carbocycles. The van der Waals surface area contributed by atoms with Crippen LogP contribution >= 0.6 is 0 Å². The average molecular weight is 312 g/mol. The van der Waals surface area contributed by atoms with Crippen molar-refractivity contribution in [3.63, 3.8) is 0 Å². The Balaban J connectivity index is 2.17. The van der Waals surface area contributed by atoms with Crippen LogP contribution in [0.1, 0.15) is 22.5 Å². The lowest BCUT2D eigenvalue weighted by molar-refractivity contribution is 1.10.